The van der Waals surface area contributed by atoms with Crippen molar-refractivity contribution in [3.05, 3.63) is 137 Å². The number of alkyl halides is 6. The number of halogens is 6. The van der Waals surface area contributed by atoms with Gasteiger partial charge in [-0.3, -0.25) is 4.55 Å². The van der Waals surface area contributed by atoms with Crippen molar-refractivity contribution >= 4 is 31.1 Å². The maximum Gasteiger partial charge on any atom is 0.450 e. The standard InChI is InChI=1S/C23H26F6O11S2.C19H17S/c1-36-9-15-5-13(6-16(10-37-2)19(15)30)14-7-17(11-38-3)20(18(8-14)12-39-4)40-42(34,35)23(28,29)21(24,25)22(26,27)41(31,32)33;1-16-12-14-19(15-13-16)20(17-8-4-2-5-9-17)18-10-6-3-7-11-18/h5-8,30H,9-12H2,1-4H3,(H,31,32,33);2-15H,1H3/q;+1. The highest BCUT2D eigenvalue weighted by Gasteiger charge is 2.83. The molecule has 2 N–H and O–H groups in total. The minimum absolute atomic E-state index is 0.0229. The molecule has 62 heavy (non-hydrogen) atoms. The molecule has 5 rings (SSSR count). The summed E-state index contributed by atoms with van der Waals surface area (Å²) >= 11 is 0. The summed E-state index contributed by atoms with van der Waals surface area (Å²) < 4.78 is 163. The Morgan fingerprint density at radius 2 is 0.903 bits per heavy atom. The lowest BCUT2D eigenvalue weighted by Gasteiger charge is -2.30. The monoisotopic (exact) mass is 933 g/mol. The van der Waals surface area contributed by atoms with E-state index in [1.54, 1.807) is 0 Å². The third kappa shape index (κ3) is 10.9. The van der Waals surface area contributed by atoms with Gasteiger partial charge in [-0.05, 0) is 78.7 Å². The van der Waals surface area contributed by atoms with Gasteiger partial charge in [-0.1, -0.05) is 54.1 Å². The maximum atomic E-state index is 14.5. The van der Waals surface area contributed by atoms with Gasteiger partial charge in [0.1, 0.15) is 5.75 Å². The van der Waals surface area contributed by atoms with E-state index in [1.807, 2.05) is 0 Å². The number of benzene rings is 5. The van der Waals surface area contributed by atoms with Crippen LogP contribution in [-0.2, 0) is 76.5 Å². The molecule has 0 radical (unpaired) electrons. The predicted octanol–water partition coefficient (Wildman–Crippen LogP) is 9.15. The van der Waals surface area contributed by atoms with Crippen molar-refractivity contribution in [3.63, 3.8) is 0 Å². The molecule has 0 bridgehead atoms. The lowest BCUT2D eigenvalue weighted by molar-refractivity contribution is -0.247. The molecule has 0 unspecified atom stereocenters. The molecule has 0 saturated heterocycles. The summed E-state index contributed by atoms with van der Waals surface area (Å²) in [5.74, 6) is -8.43. The van der Waals surface area contributed by atoms with Crippen LogP contribution in [0.15, 0.2) is 124 Å². The summed E-state index contributed by atoms with van der Waals surface area (Å²) in [6, 6.07) is 35.6. The van der Waals surface area contributed by atoms with E-state index >= 15 is 0 Å². The van der Waals surface area contributed by atoms with Crippen molar-refractivity contribution in [2.24, 2.45) is 0 Å². The molecule has 0 saturated carbocycles. The van der Waals surface area contributed by atoms with Gasteiger partial charge in [-0.2, -0.15) is 43.2 Å². The van der Waals surface area contributed by atoms with Crippen LogP contribution in [0.4, 0.5) is 26.3 Å². The van der Waals surface area contributed by atoms with Gasteiger partial charge in [-0.15, -0.1) is 0 Å². The summed E-state index contributed by atoms with van der Waals surface area (Å²) in [5, 5.41) is -3.34. The first-order chi connectivity index (χ1) is 29.1. The summed E-state index contributed by atoms with van der Waals surface area (Å²) in [7, 11) is -9.49. The Kier molecular flexibility index (Phi) is 16.7. The second-order valence-corrected chi connectivity index (χ2v) is 18.4. The second kappa shape index (κ2) is 20.7. The molecule has 0 spiro atoms. The van der Waals surface area contributed by atoms with Gasteiger partial charge in [-0.25, -0.2) is 0 Å². The van der Waals surface area contributed by atoms with Gasteiger partial charge in [0.2, 0.25) is 0 Å². The molecule has 336 valence electrons. The van der Waals surface area contributed by atoms with Gasteiger partial charge in [0.15, 0.2) is 20.4 Å². The lowest BCUT2D eigenvalue weighted by atomic mass is 9.95. The predicted molar refractivity (Wildman–Crippen MR) is 219 cm³/mol. The van der Waals surface area contributed by atoms with Crippen LogP contribution in [0.5, 0.6) is 11.5 Å². The van der Waals surface area contributed by atoms with E-state index in [0.717, 1.165) is 26.4 Å². The smallest absolute Gasteiger partial charge is 0.450 e. The van der Waals surface area contributed by atoms with Crippen LogP contribution in [0.3, 0.4) is 0 Å². The number of rotatable bonds is 18. The number of hydrogen-bond donors (Lipinski definition) is 2. The molecular formula is C42H43F6O11S3+. The summed E-state index contributed by atoms with van der Waals surface area (Å²) in [6.07, 6.45) is 0. The molecule has 5 aromatic carbocycles. The highest BCUT2D eigenvalue weighted by molar-refractivity contribution is 7.97. The van der Waals surface area contributed by atoms with Crippen molar-refractivity contribution in [2.45, 2.75) is 64.5 Å². The minimum atomic E-state index is -7.22. The fraction of sp³-hybridized carbons (Fsp3) is 0.286. The number of methoxy groups -OCH3 is 4. The fourth-order valence-corrected chi connectivity index (χ4v) is 9.44. The number of hydrogen-bond acceptors (Lipinski definition) is 10. The quantitative estimate of drug-likeness (QED) is 0.0374. The topological polar surface area (TPSA) is 155 Å². The zero-order valence-corrected chi connectivity index (χ0v) is 36.2. The van der Waals surface area contributed by atoms with E-state index < -0.39 is 55.6 Å². The minimum Gasteiger partial charge on any atom is -0.507 e. The molecule has 0 aliphatic heterocycles. The molecular weight excluding hydrogens is 891 g/mol. The van der Waals surface area contributed by atoms with Crippen molar-refractivity contribution in [3.8, 4) is 22.6 Å². The van der Waals surface area contributed by atoms with E-state index in [4.69, 9.17) is 23.5 Å². The fourth-order valence-electron chi connectivity index (χ4n) is 5.86. The van der Waals surface area contributed by atoms with E-state index in [9.17, 15) is 48.3 Å². The van der Waals surface area contributed by atoms with E-state index in [1.165, 1.54) is 46.6 Å². The average molecular weight is 934 g/mol. The highest BCUT2D eigenvalue weighted by Crippen LogP contribution is 2.51. The maximum absolute atomic E-state index is 14.5. The van der Waals surface area contributed by atoms with Crippen LogP contribution in [0.25, 0.3) is 11.1 Å². The summed E-state index contributed by atoms with van der Waals surface area (Å²) in [4.78, 5) is 4.10. The molecule has 0 fully saturated rings. The van der Waals surface area contributed by atoms with Gasteiger partial charge in [0, 0.05) is 50.7 Å². The normalized spacial score (nSPS) is 12.5. The van der Waals surface area contributed by atoms with Crippen LogP contribution < -0.4 is 4.18 Å². The Hall–Kier alpha value is -4.67. The number of aromatic hydroxyl groups is 1. The summed E-state index contributed by atoms with van der Waals surface area (Å²) in [5.41, 5.74) is 1.67. The first kappa shape index (κ1) is 50.0. The zero-order valence-electron chi connectivity index (χ0n) is 33.8. The van der Waals surface area contributed by atoms with Crippen LogP contribution in [-0.4, -0.2) is 71.4 Å². The molecule has 0 aliphatic rings. The summed E-state index contributed by atoms with van der Waals surface area (Å²) in [6.45, 7) is 0.790. The van der Waals surface area contributed by atoms with E-state index in [-0.39, 0.29) is 57.7 Å². The molecule has 0 amide bonds. The van der Waals surface area contributed by atoms with Crippen molar-refractivity contribution in [2.75, 3.05) is 28.4 Å². The molecule has 0 aliphatic carbocycles. The van der Waals surface area contributed by atoms with Gasteiger partial charge in [0.25, 0.3) is 0 Å². The van der Waals surface area contributed by atoms with Crippen molar-refractivity contribution in [1.29, 1.82) is 0 Å². The zero-order chi connectivity index (χ0) is 46.1. The lowest BCUT2D eigenvalue weighted by Crippen LogP contribution is -2.61. The molecule has 0 atom stereocenters. The van der Waals surface area contributed by atoms with Crippen LogP contribution >= 0.6 is 0 Å². The third-order valence-electron chi connectivity index (χ3n) is 8.82. The van der Waals surface area contributed by atoms with E-state index in [2.05, 4.69) is 96.0 Å². The van der Waals surface area contributed by atoms with E-state index in [0.29, 0.717) is 5.56 Å². The Morgan fingerprint density at radius 1 is 0.548 bits per heavy atom. The number of aryl methyl sites for hydroxylation is 1. The average Bonchev–Trinajstić information content (AvgIpc) is 3.22. The third-order valence-corrected chi connectivity index (χ3v) is 13.2. The number of phenols is 1. The first-order valence-electron chi connectivity index (χ1n) is 18.0. The highest BCUT2D eigenvalue weighted by atomic mass is 32.2. The van der Waals surface area contributed by atoms with Crippen LogP contribution in [0, 0.1) is 6.92 Å². The SMILES string of the molecule is COCc1cc(-c2cc(COC)c(OS(=O)(=O)C(F)(F)C(F)(F)C(F)(F)S(=O)(=O)O)c(COC)c2)cc(COC)c1O.Cc1ccc([S+](c2ccccc2)c2ccccc2)cc1. The Morgan fingerprint density at radius 3 is 1.27 bits per heavy atom. The van der Waals surface area contributed by atoms with Gasteiger partial charge < -0.3 is 28.2 Å². The Labute approximate surface area is 358 Å². The number of ether oxygens (including phenoxy) is 4. The van der Waals surface area contributed by atoms with Crippen molar-refractivity contribution in [1.82, 2.24) is 0 Å². The largest absolute Gasteiger partial charge is 0.507 e. The molecule has 0 aromatic heterocycles. The molecule has 20 heteroatoms. The molecule has 0 heterocycles. The first-order valence-corrected chi connectivity index (χ1v) is 22.1. The molecule has 11 nitrogen and oxygen atoms in total. The second-order valence-electron chi connectivity index (χ2n) is 13.4. The van der Waals surface area contributed by atoms with Crippen molar-refractivity contribution < 1.29 is 76.0 Å². The Bertz CT molecular complexity index is 2400. The van der Waals surface area contributed by atoms with Gasteiger partial charge in [0.05, 0.1) is 37.3 Å². The Balaban J connectivity index is 0.000000348. The molecule has 5 aromatic rings. The van der Waals surface area contributed by atoms with Crippen LogP contribution in [0.1, 0.15) is 27.8 Å². The van der Waals surface area contributed by atoms with Crippen LogP contribution in [0.2, 0.25) is 0 Å². The van der Waals surface area contributed by atoms with Gasteiger partial charge >= 0.3 is 36.7 Å². The number of phenolic OH excluding ortho intramolecular Hbond substituents is 1.